The highest BCUT2D eigenvalue weighted by Gasteiger charge is 2.52. The Bertz CT molecular complexity index is 743. The number of hydrogen-bond donors (Lipinski definition) is 2. The molecule has 5 nitrogen and oxygen atoms in total. The van der Waals surface area contributed by atoms with E-state index in [9.17, 15) is 15.0 Å². The fourth-order valence-corrected chi connectivity index (χ4v) is 3.12. The van der Waals surface area contributed by atoms with Crippen LogP contribution in [0.4, 0.5) is 5.69 Å². The Kier molecular flexibility index (Phi) is 3.30. The molecule has 2 N–H and O–H groups in total. The number of nitrogens with zero attached hydrogens (tertiary/aromatic N) is 1. The van der Waals surface area contributed by atoms with Crippen LogP contribution in [0.3, 0.4) is 0 Å². The number of phenols is 1. The molecular formula is C17H17NO4. The van der Waals surface area contributed by atoms with Gasteiger partial charge in [-0.3, -0.25) is 4.79 Å². The summed E-state index contributed by atoms with van der Waals surface area (Å²) in [6, 6.07) is 11.9. The van der Waals surface area contributed by atoms with Crippen LogP contribution in [-0.4, -0.2) is 36.9 Å². The summed E-state index contributed by atoms with van der Waals surface area (Å²) in [6.07, 6.45) is 0. The Morgan fingerprint density at radius 2 is 1.91 bits per heavy atom. The topological polar surface area (TPSA) is 70.0 Å². The smallest absolute Gasteiger partial charge is 0.244 e. The van der Waals surface area contributed by atoms with Gasteiger partial charge in [0.2, 0.25) is 5.91 Å². The maximum atomic E-state index is 12.9. The van der Waals surface area contributed by atoms with E-state index in [1.165, 1.54) is 18.1 Å². The predicted octanol–water partition coefficient (Wildman–Crippen LogP) is 1.66. The van der Waals surface area contributed by atoms with E-state index in [4.69, 9.17) is 4.74 Å². The quantitative estimate of drug-likeness (QED) is 0.904. The van der Waals surface area contributed by atoms with Gasteiger partial charge in [-0.1, -0.05) is 18.2 Å². The van der Waals surface area contributed by atoms with E-state index in [1.807, 2.05) is 18.2 Å². The molecule has 1 amide bonds. The number of carbonyl (C=O) groups excluding carboxylic acids is 1. The molecular weight excluding hydrogens is 282 g/mol. The number of hydrogen-bond acceptors (Lipinski definition) is 4. The molecule has 0 bridgehead atoms. The fourth-order valence-electron chi connectivity index (χ4n) is 3.12. The molecule has 1 aliphatic rings. The van der Waals surface area contributed by atoms with Crippen molar-refractivity contribution in [3.63, 3.8) is 0 Å². The summed E-state index contributed by atoms with van der Waals surface area (Å²) in [5.74, 6) is 0.188. The molecule has 114 valence electrons. The summed E-state index contributed by atoms with van der Waals surface area (Å²) < 4.78 is 5.19. The average molecular weight is 299 g/mol. The molecule has 0 spiro atoms. The Morgan fingerprint density at radius 3 is 2.59 bits per heavy atom. The van der Waals surface area contributed by atoms with E-state index in [-0.39, 0.29) is 11.7 Å². The van der Waals surface area contributed by atoms with Gasteiger partial charge in [0.1, 0.15) is 16.9 Å². The van der Waals surface area contributed by atoms with Gasteiger partial charge < -0.3 is 19.8 Å². The van der Waals surface area contributed by atoms with Gasteiger partial charge in [0, 0.05) is 18.3 Å². The molecule has 0 saturated carbocycles. The molecule has 5 heteroatoms. The highest BCUT2D eigenvalue weighted by Crippen LogP contribution is 2.48. The number of ether oxygens (including phenoxy) is 1. The highest BCUT2D eigenvalue weighted by molar-refractivity contribution is 6.10. The second-order valence-corrected chi connectivity index (χ2v) is 5.33. The van der Waals surface area contributed by atoms with Crippen molar-refractivity contribution in [2.24, 2.45) is 0 Å². The van der Waals surface area contributed by atoms with E-state index in [0.29, 0.717) is 16.9 Å². The van der Waals surface area contributed by atoms with Crippen LogP contribution in [0, 0.1) is 0 Å². The number of likely N-dealkylation sites (N-methyl/N-ethyl adjacent to an activating group) is 1. The molecule has 2 aromatic rings. The lowest BCUT2D eigenvalue weighted by Crippen LogP contribution is -2.42. The number of phenolic OH excluding ortho intramolecular Hbond substituents is 1. The molecule has 0 fully saturated rings. The van der Waals surface area contributed by atoms with Crippen LogP contribution >= 0.6 is 0 Å². The van der Waals surface area contributed by atoms with Gasteiger partial charge in [0.05, 0.1) is 13.7 Å². The number of para-hydroxylation sites is 1. The standard InChI is InChI=1S/C17H17NO4/c1-18-14-6-4-3-5-12(14)17(10-19,16(18)21)13-9-11(22-2)7-8-15(13)20/h3-9,19-20H,10H2,1-2H3. The molecule has 1 heterocycles. The first kappa shape index (κ1) is 14.4. The Balaban J connectivity index is 2.33. The minimum Gasteiger partial charge on any atom is -0.508 e. The first-order valence-corrected chi connectivity index (χ1v) is 6.92. The average Bonchev–Trinajstić information content (AvgIpc) is 2.77. The predicted molar refractivity (Wildman–Crippen MR) is 82.4 cm³/mol. The minimum atomic E-state index is -1.32. The first-order chi connectivity index (χ1) is 10.6. The molecule has 2 aromatic carbocycles. The highest BCUT2D eigenvalue weighted by atomic mass is 16.5. The van der Waals surface area contributed by atoms with Gasteiger partial charge >= 0.3 is 0 Å². The molecule has 1 aliphatic heterocycles. The van der Waals surface area contributed by atoms with E-state index >= 15 is 0 Å². The van der Waals surface area contributed by atoms with Crippen molar-refractivity contribution in [3.8, 4) is 11.5 Å². The van der Waals surface area contributed by atoms with Gasteiger partial charge in [0.15, 0.2) is 0 Å². The van der Waals surface area contributed by atoms with Gasteiger partial charge in [-0.25, -0.2) is 0 Å². The summed E-state index contributed by atoms with van der Waals surface area (Å²) in [7, 11) is 3.17. The molecule has 1 unspecified atom stereocenters. The number of aliphatic hydroxyl groups is 1. The molecule has 0 aromatic heterocycles. The number of aliphatic hydroxyl groups excluding tert-OH is 1. The van der Waals surface area contributed by atoms with Crippen LogP contribution in [0.2, 0.25) is 0 Å². The third-order valence-electron chi connectivity index (χ3n) is 4.30. The van der Waals surface area contributed by atoms with Crippen molar-refractivity contribution < 1.29 is 19.7 Å². The van der Waals surface area contributed by atoms with Crippen molar-refractivity contribution in [1.82, 2.24) is 0 Å². The normalized spacial score (nSPS) is 20.1. The molecule has 0 aliphatic carbocycles. The first-order valence-electron chi connectivity index (χ1n) is 6.92. The second kappa shape index (κ2) is 5.03. The largest absolute Gasteiger partial charge is 0.508 e. The monoisotopic (exact) mass is 299 g/mol. The number of aromatic hydroxyl groups is 1. The van der Waals surface area contributed by atoms with Crippen molar-refractivity contribution in [1.29, 1.82) is 0 Å². The van der Waals surface area contributed by atoms with Gasteiger partial charge in [-0.15, -0.1) is 0 Å². The van der Waals surface area contributed by atoms with E-state index < -0.39 is 12.0 Å². The third-order valence-corrected chi connectivity index (χ3v) is 4.30. The summed E-state index contributed by atoms with van der Waals surface area (Å²) >= 11 is 0. The zero-order chi connectivity index (χ0) is 15.9. The minimum absolute atomic E-state index is 0.0479. The number of benzene rings is 2. The summed E-state index contributed by atoms with van der Waals surface area (Å²) in [5, 5.41) is 20.4. The number of fused-ring (bicyclic) bond motifs is 1. The van der Waals surface area contributed by atoms with Gasteiger partial charge in [0.25, 0.3) is 0 Å². The number of rotatable bonds is 3. The molecule has 22 heavy (non-hydrogen) atoms. The Hall–Kier alpha value is -2.53. The maximum absolute atomic E-state index is 12.9. The van der Waals surface area contributed by atoms with Gasteiger partial charge in [-0.05, 0) is 29.8 Å². The summed E-state index contributed by atoms with van der Waals surface area (Å²) in [6.45, 7) is -0.437. The van der Waals surface area contributed by atoms with Crippen LogP contribution in [0.25, 0.3) is 0 Å². The van der Waals surface area contributed by atoms with Crippen LogP contribution in [0.1, 0.15) is 11.1 Å². The lowest BCUT2D eigenvalue weighted by atomic mass is 9.75. The number of carbonyl (C=O) groups is 1. The van der Waals surface area contributed by atoms with Crippen molar-refractivity contribution in [3.05, 3.63) is 53.6 Å². The summed E-state index contributed by atoms with van der Waals surface area (Å²) in [5.41, 5.74) is 0.428. The number of amides is 1. The third kappa shape index (κ3) is 1.72. The zero-order valence-corrected chi connectivity index (χ0v) is 12.4. The molecule has 0 saturated heterocycles. The zero-order valence-electron chi connectivity index (χ0n) is 12.4. The van der Waals surface area contributed by atoms with E-state index in [0.717, 1.165) is 5.69 Å². The Labute approximate surface area is 128 Å². The van der Waals surface area contributed by atoms with E-state index in [1.54, 1.807) is 25.2 Å². The Morgan fingerprint density at radius 1 is 1.18 bits per heavy atom. The molecule has 0 radical (unpaired) electrons. The van der Waals surface area contributed by atoms with E-state index in [2.05, 4.69) is 0 Å². The van der Waals surface area contributed by atoms with Crippen molar-refractivity contribution in [2.75, 3.05) is 25.7 Å². The summed E-state index contributed by atoms with van der Waals surface area (Å²) in [4.78, 5) is 14.4. The lowest BCUT2D eigenvalue weighted by molar-refractivity contribution is -0.122. The van der Waals surface area contributed by atoms with Gasteiger partial charge in [-0.2, -0.15) is 0 Å². The number of methoxy groups -OCH3 is 1. The maximum Gasteiger partial charge on any atom is 0.244 e. The fraction of sp³-hybridized carbons (Fsp3) is 0.235. The van der Waals surface area contributed by atoms with Crippen LogP contribution < -0.4 is 9.64 Å². The van der Waals surface area contributed by atoms with Crippen LogP contribution in [0.5, 0.6) is 11.5 Å². The number of anilines is 1. The van der Waals surface area contributed by atoms with Crippen LogP contribution in [0.15, 0.2) is 42.5 Å². The van der Waals surface area contributed by atoms with Crippen molar-refractivity contribution >= 4 is 11.6 Å². The van der Waals surface area contributed by atoms with Crippen molar-refractivity contribution in [2.45, 2.75) is 5.41 Å². The second-order valence-electron chi connectivity index (χ2n) is 5.33. The van der Waals surface area contributed by atoms with Crippen LogP contribution in [-0.2, 0) is 10.2 Å². The SMILES string of the molecule is COc1ccc(O)c(C2(CO)C(=O)N(C)c3ccccc32)c1. The molecule has 3 rings (SSSR count). The molecule has 1 atom stereocenters. The lowest BCUT2D eigenvalue weighted by Gasteiger charge is -2.27.